The molecule has 0 saturated heterocycles. The molecule has 1 N–H and O–H groups in total. The van der Waals surface area contributed by atoms with E-state index in [-0.39, 0.29) is 5.91 Å². The molecule has 0 radical (unpaired) electrons. The van der Waals surface area contributed by atoms with Gasteiger partial charge in [0.05, 0.1) is 0 Å². The maximum atomic E-state index is 12.2. The van der Waals surface area contributed by atoms with E-state index >= 15 is 0 Å². The molecule has 1 rings (SSSR count). The summed E-state index contributed by atoms with van der Waals surface area (Å²) in [7, 11) is 0. The number of nitrogens with one attached hydrogen (secondary N) is 1. The molecule has 2 nitrogen and oxygen atoms in total. The highest BCUT2D eigenvalue weighted by Gasteiger charge is 2.14. The summed E-state index contributed by atoms with van der Waals surface area (Å²) < 4.78 is 0. The Hall–Kier alpha value is -1.31. The number of carbonyl (C=O) groups is 1. The quantitative estimate of drug-likeness (QED) is 0.793. The van der Waals surface area contributed by atoms with Gasteiger partial charge in [-0.25, -0.2) is 0 Å². The fourth-order valence-corrected chi connectivity index (χ4v) is 2.02. The third kappa shape index (κ3) is 3.09. The molecule has 0 aliphatic carbocycles. The van der Waals surface area contributed by atoms with Crippen molar-refractivity contribution in [1.82, 2.24) is 5.32 Å². The summed E-state index contributed by atoms with van der Waals surface area (Å²) in [4.78, 5) is 12.2. The second-order valence-electron chi connectivity index (χ2n) is 4.74. The lowest BCUT2D eigenvalue weighted by Gasteiger charge is -2.15. The predicted octanol–water partition coefficient (Wildman–Crippen LogP) is 3.45. The van der Waals surface area contributed by atoms with Gasteiger partial charge in [0.25, 0.3) is 5.91 Å². The average molecular weight is 233 g/mol. The van der Waals surface area contributed by atoms with Gasteiger partial charge in [-0.2, -0.15) is 0 Å². The predicted molar refractivity (Wildman–Crippen MR) is 72.6 cm³/mol. The summed E-state index contributed by atoms with van der Waals surface area (Å²) in [6.07, 6.45) is 2.14. The SMILES string of the molecule is CCCCNC(=O)c1c(C)c(C)cc(C)c1C. The number of amides is 1. The van der Waals surface area contributed by atoms with Crippen molar-refractivity contribution in [2.24, 2.45) is 0 Å². The average Bonchev–Trinajstić information content (AvgIpc) is 2.27. The molecule has 1 amide bonds. The minimum atomic E-state index is 0.0697. The van der Waals surface area contributed by atoms with E-state index in [9.17, 15) is 4.79 Å². The smallest absolute Gasteiger partial charge is 0.251 e. The standard InChI is InChI=1S/C15H23NO/c1-6-7-8-16-15(17)14-12(4)10(2)9-11(3)13(14)5/h9H,6-8H2,1-5H3,(H,16,17). The lowest BCUT2D eigenvalue weighted by molar-refractivity contribution is 0.0951. The van der Waals surface area contributed by atoms with E-state index in [1.807, 2.05) is 13.8 Å². The molecule has 1 aromatic rings. The molecule has 17 heavy (non-hydrogen) atoms. The third-order valence-corrected chi connectivity index (χ3v) is 3.41. The van der Waals surface area contributed by atoms with E-state index in [0.717, 1.165) is 36.1 Å². The second-order valence-corrected chi connectivity index (χ2v) is 4.74. The highest BCUT2D eigenvalue weighted by atomic mass is 16.1. The number of hydrogen-bond acceptors (Lipinski definition) is 1. The van der Waals surface area contributed by atoms with E-state index in [0.29, 0.717) is 0 Å². The number of carbonyl (C=O) groups excluding carboxylic acids is 1. The van der Waals surface area contributed by atoms with Crippen LogP contribution in [0.2, 0.25) is 0 Å². The molecular formula is C15H23NO. The first-order chi connectivity index (χ1) is 7.99. The van der Waals surface area contributed by atoms with Crippen LogP contribution in [-0.4, -0.2) is 12.5 Å². The Morgan fingerprint density at radius 2 is 1.65 bits per heavy atom. The van der Waals surface area contributed by atoms with Gasteiger partial charge in [-0.15, -0.1) is 0 Å². The molecule has 0 aliphatic rings. The van der Waals surface area contributed by atoms with Crippen LogP contribution < -0.4 is 5.32 Å². The van der Waals surface area contributed by atoms with Crippen molar-refractivity contribution in [2.75, 3.05) is 6.54 Å². The molecule has 0 atom stereocenters. The highest BCUT2D eigenvalue weighted by molar-refractivity contribution is 5.97. The molecule has 0 saturated carbocycles. The fourth-order valence-electron chi connectivity index (χ4n) is 2.02. The summed E-state index contributed by atoms with van der Waals surface area (Å²) >= 11 is 0. The van der Waals surface area contributed by atoms with Crippen molar-refractivity contribution >= 4 is 5.91 Å². The van der Waals surface area contributed by atoms with Crippen LogP contribution in [-0.2, 0) is 0 Å². The Morgan fingerprint density at radius 3 is 2.12 bits per heavy atom. The van der Waals surface area contributed by atoms with Crippen LogP contribution in [0.15, 0.2) is 6.07 Å². The molecule has 2 heteroatoms. The number of unbranched alkanes of at least 4 members (excludes halogenated alkanes) is 1. The van der Waals surface area contributed by atoms with Gasteiger partial charge in [0.15, 0.2) is 0 Å². The molecule has 0 spiro atoms. The molecular weight excluding hydrogens is 210 g/mol. The molecule has 1 aromatic carbocycles. The van der Waals surface area contributed by atoms with Gasteiger partial charge in [-0.3, -0.25) is 4.79 Å². The van der Waals surface area contributed by atoms with E-state index in [1.54, 1.807) is 0 Å². The maximum Gasteiger partial charge on any atom is 0.251 e. The molecule has 94 valence electrons. The van der Waals surface area contributed by atoms with Crippen LogP contribution in [0, 0.1) is 27.7 Å². The summed E-state index contributed by atoms with van der Waals surface area (Å²) in [5, 5.41) is 3.00. The minimum absolute atomic E-state index is 0.0697. The van der Waals surface area contributed by atoms with Crippen LogP contribution in [0.3, 0.4) is 0 Å². The second kappa shape index (κ2) is 5.85. The van der Waals surface area contributed by atoms with Crippen LogP contribution in [0.1, 0.15) is 52.4 Å². The summed E-state index contributed by atoms with van der Waals surface area (Å²) in [6.45, 7) is 11.1. The Balaban J connectivity index is 3.00. The number of rotatable bonds is 4. The van der Waals surface area contributed by atoms with Crippen molar-refractivity contribution < 1.29 is 4.79 Å². The Morgan fingerprint density at radius 1 is 1.12 bits per heavy atom. The summed E-state index contributed by atoms with van der Waals surface area (Å²) in [6, 6.07) is 2.15. The van der Waals surface area contributed by atoms with E-state index in [1.165, 1.54) is 11.1 Å². The van der Waals surface area contributed by atoms with Crippen molar-refractivity contribution in [3.05, 3.63) is 33.9 Å². The van der Waals surface area contributed by atoms with Gasteiger partial charge < -0.3 is 5.32 Å². The normalized spacial score (nSPS) is 10.4. The van der Waals surface area contributed by atoms with Crippen LogP contribution >= 0.6 is 0 Å². The summed E-state index contributed by atoms with van der Waals surface area (Å²) in [5.41, 5.74) is 5.44. The van der Waals surface area contributed by atoms with Crippen LogP contribution in [0.25, 0.3) is 0 Å². The van der Waals surface area contributed by atoms with E-state index in [2.05, 4.69) is 32.2 Å². The van der Waals surface area contributed by atoms with Gasteiger partial charge in [-0.05, 0) is 56.4 Å². The van der Waals surface area contributed by atoms with Gasteiger partial charge >= 0.3 is 0 Å². The Kier molecular flexibility index (Phi) is 4.73. The molecule has 0 heterocycles. The first-order valence-corrected chi connectivity index (χ1v) is 6.34. The molecule has 0 aromatic heterocycles. The largest absolute Gasteiger partial charge is 0.352 e. The lowest BCUT2D eigenvalue weighted by Crippen LogP contribution is -2.26. The molecule has 0 unspecified atom stereocenters. The van der Waals surface area contributed by atoms with Gasteiger partial charge in [0.2, 0.25) is 0 Å². The number of hydrogen-bond donors (Lipinski definition) is 1. The zero-order valence-corrected chi connectivity index (χ0v) is 11.6. The van der Waals surface area contributed by atoms with E-state index < -0.39 is 0 Å². The monoisotopic (exact) mass is 233 g/mol. The van der Waals surface area contributed by atoms with Gasteiger partial charge in [0, 0.05) is 12.1 Å². The fraction of sp³-hybridized carbons (Fsp3) is 0.533. The van der Waals surface area contributed by atoms with Crippen LogP contribution in [0.5, 0.6) is 0 Å². The first kappa shape index (κ1) is 13.8. The van der Waals surface area contributed by atoms with E-state index in [4.69, 9.17) is 0 Å². The number of benzene rings is 1. The van der Waals surface area contributed by atoms with Crippen molar-refractivity contribution in [3.63, 3.8) is 0 Å². The van der Waals surface area contributed by atoms with Crippen molar-refractivity contribution in [1.29, 1.82) is 0 Å². The first-order valence-electron chi connectivity index (χ1n) is 6.34. The van der Waals surface area contributed by atoms with Crippen molar-refractivity contribution in [3.8, 4) is 0 Å². The number of aryl methyl sites for hydroxylation is 2. The molecule has 0 bridgehead atoms. The zero-order valence-electron chi connectivity index (χ0n) is 11.6. The third-order valence-electron chi connectivity index (χ3n) is 3.41. The zero-order chi connectivity index (χ0) is 13.0. The Bertz CT molecular complexity index is 395. The minimum Gasteiger partial charge on any atom is -0.352 e. The van der Waals surface area contributed by atoms with Gasteiger partial charge in [-0.1, -0.05) is 19.4 Å². The highest BCUT2D eigenvalue weighted by Crippen LogP contribution is 2.21. The van der Waals surface area contributed by atoms with Gasteiger partial charge in [0.1, 0.15) is 0 Å². The van der Waals surface area contributed by atoms with Crippen LogP contribution in [0.4, 0.5) is 0 Å². The molecule has 0 aliphatic heterocycles. The topological polar surface area (TPSA) is 29.1 Å². The lowest BCUT2D eigenvalue weighted by atomic mass is 9.94. The van der Waals surface area contributed by atoms with Crippen molar-refractivity contribution in [2.45, 2.75) is 47.5 Å². The maximum absolute atomic E-state index is 12.2. The summed E-state index contributed by atoms with van der Waals surface area (Å²) in [5.74, 6) is 0.0697. The Labute approximate surface area is 104 Å². The molecule has 0 fully saturated rings.